The van der Waals surface area contributed by atoms with E-state index in [9.17, 15) is 4.39 Å². The molecule has 116 valence electrons. The zero-order valence-electron chi connectivity index (χ0n) is 12.7. The van der Waals surface area contributed by atoms with Crippen molar-refractivity contribution in [1.29, 1.82) is 0 Å². The Morgan fingerprint density at radius 3 is 2.86 bits per heavy atom. The van der Waals surface area contributed by atoms with E-state index in [1.54, 1.807) is 13.2 Å². The average Bonchev–Trinajstić information content (AvgIpc) is 3.00. The molecule has 1 aromatic rings. The van der Waals surface area contributed by atoms with Crippen molar-refractivity contribution in [1.82, 2.24) is 4.90 Å². The molecule has 2 rings (SSSR count). The molecule has 1 aliphatic rings. The summed E-state index contributed by atoms with van der Waals surface area (Å²) in [5.74, 6) is 0.252. The molecule has 0 N–H and O–H groups in total. The van der Waals surface area contributed by atoms with Crippen molar-refractivity contribution in [2.45, 2.75) is 19.3 Å². The van der Waals surface area contributed by atoms with Gasteiger partial charge in [-0.3, -0.25) is 0 Å². The predicted molar refractivity (Wildman–Crippen MR) is 83.1 cm³/mol. The summed E-state index contributed by atoms with van der Waals surface area (Å²) in [6.45, 7) is 4.96. The number of hydrogen-bond acceptors (Lipinski definition) is 3. The van der Waals surface area contributed by atoms with Crippen molar-refractivity contribution in [3.63, 3.8) is 0 Å². The fraction of sp³-hybridized carbons (Fsp3) is 0.529. The second kappa shape index (κ2) is 8.80. The summed E-state index contributed by atoms with van der Waals surface area (Å²) in [6, 6.07) is 4.52. The third kappa shape index (κ3) is 5.48. The number of halogens is 1. The van der Waals surface area contributed by atoms with Crippen LogP contribution >= 0.6 is 0 Å². The van der Waals surface area contributed by atoms with Gasteiger partial charge in [0.25, 0.3) is 0 Å². The Morgan fingerprint density at radius 1 is 1.29 bits per heavy atom. The molecule has 1 aliphatic heterocycles. The highest BCUT2D eigenvalue weighted by Gasteiger charge is 2.09. The molecule has 3 nitrogen and oxygen atoms in total. The average molecular weight is 293 g/mol. The minimum absolute atomic E-state index is 0.290. The lowest BCUT2D eigenvalue weighted by molar-refractivity contribution is 0.149. The molecular weight excluding hydrogens is 269 g/mol. The molecule has 0 bridgehead atoms. The number of benzene rings is 1. The van der Waals surface area contributed by atoms with Gasteiger partial charge in [-0.1, -0.05) is 12.2 Å². The molecule has 1 heterocycles. The second-order valence-electron chi connectivity index (χ2n) is 5.27. The zero-order valence-corrected chi connectivity index (χ0v) is 12.7. The van der Waals surface area contributed by atoms with Crippen LogP contribution in [0.5, 0.6) is 5.75 Å². The lowest BCUT2D eigenvalue weighted by atomic mass is 10.2. The first-order chi connectivity index (χ1) is 10.3. The molecule has 0 amide bonds. The van der Waals surface area contributed by atoms with Gasteiger partial charge in [-0.2, -0.15) is 0 Å². The van der Waals surface area contributed by atoms with E-state index in [1.807, 2.05) is 12.2 Å². The van der Waals surface area contributed by atoms with Gasteiger partial charge >= 0.3 is 0 Å². The van der Waals surface area contributed by atoms with Crippen LogP contribution in [-0.2, 0) is 4.74 Å². The molecule has 0 aromatic heterocycles. The molecular formula is C17H24FNO2. The largest absolute Gasteiger partial charge is 0.496 e. The summed E-state index contributed by atoms with van der Waals surface area (Å²) in [5.41, 5.74) is 0.861. The van der Waals surface area contributed by atoms with Crippen LogP contribution in [-0.4, -0.2) is 44.9 Å². The predicted octanol–water partition coefficient (Wildman–Crippen LogP) is 3.35. The summed E-state index contributed by atoms with van der Waals surface area (Å²) >= 11 is 0. The molecule has 0 radical (unpaired) electrons. The van der Waals surface area contributed by atoms with Crippen molar-refractivity contribution in [2.75, 3.05) is 40.0 Å². The van der Waals surface area contributed by atoms with Gasteiger partial charge in [0.05, 0.1) is 13.7 Å². The van der Waals surface area contributed by atoms with Crippen molar-refractivity contribution in [2.24, 2.45) is 0 Å². The van der Waals surface area contributed by atoms with Crippen LogP contribution in [0.1, 0.15) is 24.8 Å². The molecule has 0 atom stereocenters. The fourth-order valence-corrected chi connectivity index (χ4v) is 2.55. The molecule has 0 spiro atoms. The first-order valence-corrected chi connectivity index (χ1v) is 7.60. The van der Waals surface area contributed by atoms with E-state index in [0.717, 1.165) is 25.1 Å². The van der Waals surface area contributed by atoms with Gasteiger partial charge in [0.1, 0.15) is 11.6 Å². The summed E-state index contributed by atoms with van der Waals surface area (Å²) in [5, 5.41) is 0. The molecule has 1 aromatic carbocycles. The van der Waals surface area contributed by atoms with Gasteiger partial charge in [0.15, 0.2) is 0 Å². The summed E-state index contributed by atoms with van der Waals surface area (Å²) in [7, 11) is 1.54. The highest BCUT2D eigenvalue weighted by molar-refractivity contribution is 5.57. The van der Waals surface area contributed by atoms with Crippen LogP contribution in [0.4, 0.5) is 4.39 Å². The Bertz CT molecular complexity index is 456. The number of methoxy groups -OCH3 is 1. The van der Waals surface area contributed by atoms with E-state index >= 15 is 0 Å². The summed E-state index contributed by atoms with van der Waals surface area (Å²) < 4.78 is 23.8. The van der Waals surface area contributed by atoms with Crippen LogP contribution in [0.3, 0.4) is 0 Å². The SMILES string of the molecule is COc1cc(F)ccc1/C=C/COCCCN1CCCC1. The number of hydrogen-bond donors (Lipinski definition) is 0. The molecule has 1 saturated heterocycles. The van der Waals surface area contributed by atoms with Gasteiger partial charge in [-0.15, -0.1) is 0 Å². The van der Waals surface area contributed by atoms with Crippen LogP contribution in [0, 0.1) is 5.82 Å². The highest BCUT2D eigenvalue weighted by atomic mass is 19.1. The number of nitrogens with zero attached hydrogens (tertiary/aromatic N) is 1. The van der Waals surface area contributed by atoms with E-state index in [4.69, 9.17) is 9.47 Å². The number of likely N-dealkylation sites (tertiary alicyclic amines) is 1. The van der Waals surface area contributed by atoms with E-state index in [2.05, 4.69) is 4.90 Å². The molecule has 0 unspecified atom stereocenters. The third-order valence-electron chi connectivity index (χ3n) is 3.67. The summed E-state index contributed by atoms with van der Waals surface area (Å²) in [4.78, 5) is 2.49. The smallest absolute Gasteiger partial charge is 0.128 e. The summed E-state index contributed by atoms with van der Waals surface area (Å²) in [6.07, 6.45) is 7.59. The van der Waals surface area contributed by atoms with E-state index in [1.165, 1.54) is 38.1 Å². The Morgan fingerprint density at radius 2 is 2.10 bits per heavy atom. The van der Waals surface area contributed by atoms with Crippen molar-refractivity contribution in [3.8, 4) is 5.75 Å². The molecule has 4 heteroatoms. The van der Waals surface area contributed by atoms with Gasteiger partial charge in [-0.25, -0.2) is 4.39 Å². The fourth-order valence-electron chi connectivity index (χ4n) is 2.55. The quantitative estimate of drug-likeness (QED) is 0.686. The molecule has 0 saturated carbocycles. The molecule has 0 aliphatic carbocycles. The van der Waals surface area contributed by atoms with Gasteiger partial charge in [0.2, 0.25) is 0 Å². The first-order valence-electron chi connectivity index (χ1n) is 7.60. The van der Waals surface area contributed by atoms with Crippen LogP contribution in [0.25, 0.3) is 6.08 Å². The highest BCUT2D eigenvalue weighted by Crippen LogP contribution is 2.20. The van der Waals surface area contributed by atoms with E-state index in [-0.39, 0.29) is 5.82 Å². The topological polar surface area (TPSA) is 21.7 Å². The normalized spacial score (nSPS) is 15.9. The molecule has 21 heavy (non-hydrogen) atoms. The Hall–Kier alpha value is -1.39. The van der Waals surface area contributed by atoms with Gasteiger partial charge < -0.3 is 14.4 Å². The Labute approximate surface area is 126 Å². The van der Waals surface area contributed by atoms with Crippen LogP contribution in [0.2, 0.25) is 0 Å². The first kappa shape index (κ1) is 16.0. The minimum atomic E-state index is -0.290. The zero-order chi connectivity index (χ0) is 14.9. The Balaban J connectivity index is 1.63. The van der Waals surface area contributed by atoms with Crippen molar-refractivity contribution >= 4 is 6.08 Å². The number of ether oxygens (including phenoxy) is 2. The Kier molecular flexibility index (Phi) is 6.70. The van der Waals surface area contributed by atoms with E-state index in [0.29, 0.717) is 12.4 Å². The number of rotatable bonds is 8. The van der Waals surface area contributed by atoms with Gasteiger partial charge in [0, 0.05) is 24.8 Å². The second-order valence-corrected chi connectivity index (χ2v) is 5.27. The molecule has 1 fully saturated rings. The van der Waals surface area contributed by atoms with E-state index < -0.39 is 0 Å². The maximum atomic E-state index is 13.1. The lowest BCUT2D eigenvalue weighted by Gasteiger charge is -2.13. The van der Waals surface area contributed by atoms with Crippen LogP contribution < -0.4 is 4.74 Å². The van der Waals surface area contributed by atoms with Crippen molar-refractivity contribution in [3.05, 3.63) is 35.7 Å². The van der Waals surface area contributed by atoms with Crippen molar-refractivity contribution < 1.29 is 13.9 Å². The maximum absolute atomic E-state index is 13.1. The van der Waals surface area contributed by atoms with Gasteiger partial charge in [-0.05, 0) is 44.5 Å². The van der Waals surface area contributed by atoms with Crippen LogP contribution in [0.15, 0.2) is 24.3 Å². The standard InChI is InChI=1S/C17H24FNO2/c1-20-17-14-16(18)8-7-15(17)6-4-12-21-13-5-11-19-9-2-3-10-19/h4,6-8,14H,2-3,5,9-13H2,1H3/b6-4+. The third-order valence-corrected chi connectivity index (χ3v) is 3.67. The lowest BCUT2D eigenvalue weighted by Crippen LogP contribution is -2.21. The monoisotopic (exact) mass is 293 g/mol. The minimum Gasteiger partial charge on any atom is -0.496 e. The maximum Gasteiger partial charge on any atom is 0.128 e.